The summed E-state index contributed by atoms with van der Waals surface area (Å²) in [6.45, 7) is 3.56. The van der Waals surface area contributed by atoms with E-state index in [4.69, 9.17) is 0 Å². The maximum absolute atomic E-state index is 13.5. The van der Waals surface area contributed by atoms with Crippen molar-refractivity contribution in [1.29, 1.82) is 0 Å². The second-order valence-corrected chi connectivity index (χ2v) is 5.38. The molecule has 0 spiro atoms. The third kappa shape index (κ3) is 2.90. The van der Waals surface area contributed by atoms with Crippen molar-refractivity contribution in [2.75, 3.05) is 13.1 Å². The number of hydrogen-bond acceptors (Lipinski definition) is 2. The van der Waals surface area contributed by atoms with E-state index in [1.54, 1.807) is 18.2 Å². The number of aliphatic hydroxyl groups is 1. The lowest BCUT2D eigenvalue weighted by Gasteiger charge is -2.41. The second kappa shape index (κ2) is 5.81. The average molecular weight is 251 g/mol. The Morgan fingerprint density at radius 3 is 2.67 bits per heavy atom. The monoisotopic (exact) mass is 251 g/mol. The molecule has 0 aliphatic heterocycles. The van der Waals surface area contributed by atoms with E-state index < -0.39 is 6.10 Å². The van der Waals surface area contributed by atoms with Crippen molar-refractivity contribution in [3.63, 3.8) is 0 Å². The summed E-state index contributed by atoms with van der Waals surface area (Å²) in [6, 6.07) is 6.42. The number of nitrogens with one attached hydrogen (secondary N) is 1. The molecule has 1 aromatic carbocycles. The van der Waals surface area contributed by atoms with Gasteiger partial charge in [0.2, 0.25) is 0 Å². The van der Waals surface area contributed by atoms with Crippen LogP contribution in [-0.2, 0) is 0 Å². The minimum Gasteiger partial charge on any atom is -0.387 e. The van der Waals surface area contributed by atoms with Gasteiger partial charge in [-0.25, -0.2) is 4.39 Å². The first-order chi connectivity index (χ1) is 8.67. The fourth-order valence-corrected chi connectivity index (χ4v) is 2.66. The van der Waals surface area contributed by atoms with Crippen LogP contribution < -0.4 is 5.32 Å². The molecule has 2 N–H and O–H groups in total. The molecule has 1 atom stereocenters. The summed E-state index contributed by atoms with van der Waals surface area (Å²) < 4.78 is 13.5. The summed E-state index contributed by atoms with van der Waals surface area (Å²) in [4.78, 5) is 0. The van der Waals surface area contributed by atoms with Crippen LogP contribution in [0.15, 0.2) is 24.3 Å². The molecule has 0 heterocycles. The molecular formula is C15H22FNO. The molecule has 1 aliphatic carbocycles. The minimum absolute atomic E-state index is 0.333. The van der Waals surface area contributed by atoms with Gasteiger partial charge >= 0.3 is 0 Å². The van der Waals surface area contributed by atoms with E-state index >= 15 is 0 Å². The summed E-state index contributed by atoms with van der Waals surface area (Å²) >= 11 is 0. The van der Waals surface area contributed by atoms with Crippen molar-refractivity contribution in [3.05, 3.63) is 35.6 Å². The first kappa shape index (κ1) is 13.5. The van der Waals surface area contributed by atoms with Gasteiger partial charge in [-0.05, 0) is 30.7 Å². The van der Waals surface area contributed by atoms with Crippen molar-refractivity contribution in [3.8, 4) is 0 Å². The number of benzene rings is 1. The van der Waals surface area contributed by atoms with E-state index in [-0.39, 0.29) is 5.82 Å². The fourth-order valence-electron chi connectivity index (χ4n) is 2.66. The van der Waals surface area contributed by atoms with Gasteiger partial charge in [-0.2, -0.15) is 0 Å². The number of halogens is 1. The zero-order chi connectivity index (χ0) is 13.0. The maximum atomic E-state index is 13.5. The topological polar surface area (TPSA) is 32.3 Å². The molecule has 100 valence electrons. The highest BCUT2D eigenvalue weighted by molar-refractivity contribution is 5.19. The molecule has 0 amide bonds. The quantitative estimate of drug-likeness (QED) is 0.814. The Labute approximate surface area is 108 Å². The van der Waals surface area contributed by atoms with Gasteiger partial charge in [-0.3, -0.25) is 0 Å². The van der Waals surface area contributed by atoms with Crippen molar-refractivity contribution in [1.82, 2.24) is 5.32 Å². The van der Waals surface area contributed by atoms with E-state index in [2.05, 4.69) is 12.2 Å². The Morgan fingerprint density at radius 2 is 2.11 bits per heavy atom. The summed E-state index contributed by atoms with van der Waals surface area (Å²) in [7, 11) is 0. The molecule has 2 nitrogen and oxygen atoms in total. The van der Waals surface area contributed by atoms with Crippen LogP contribution in [0.4, 0.5) is 4.39 Å². The van der Waals surface area contributed by atoms with Crippen LogP contribution >= 0.6 is 0 Å². The Morgan fingerprint density at radius 1 is 1.39 bits per heavy atom. The van der Waals surface area contributed by atoms with Gasteiger partial charge in [0.25, 0.3) is 0 Å². The van der Waals surface area contributed by atoms with Crippen LogP contribution in [0.2, 0.25) is 0 Å². The van der Waals surface area contributed by atoms with Crippen LogP contribution in [-0.4, -0.2) is 18.2 Å². The van der Waals surface area contributed by atoms with Gasteiger partial charge in [-0.15, -0.1) is 0 Å². The van der Waals surface area contributed by atoms with E-state index in [9.17, 15) is 9.50 Å². The highest BCUT2D eigenvalue weighted by Crippen LogP contribution is 2.43. The molecule has 1 saturated carbocycles. The van der Waals surface area contributed by atoms with Gasteiger partial charge < -0.3 is 10.4 Å². The number of aliphatic hydroxyl groups excluding tert-OH is 1. The van der Waals surface area contributed by atoms with Crippen molar-refractivity contribution in [2.45, 2.75) is 38.7 Å². The van der Waals surface area contributed by atoms with E-state index in [1.165, 1.54) is 31.7 Å². The third-order valence-electron chi connectivity index (χ3n) is 4.27. The predicted octanol–water partition coefficient (Wildman–Crippen LogP) is 3.03. The minimum atomic E-state index is -0.764. The molecule has 1 fully saturated rings. The van der Waals surface area contributed by atoms with E-state index in [0.717, 1.165) is 6.54 Å². The molecule has 3 heteroatoms. The molecule has 2 rings (SSSR count). The standard InChI is InChI=1S/C15H22FNO/c1-2-15(8-5-9-15)11-17-10-14(18)12-6-3-4-7-13(12)16/h3-4,6-7,14,17-18H,2,5,8-11H2,1H3. The van der Waals surface area contributed by atoms with Crippen molar-refractivity contribution in [2.24, 2.45) is 5.41 Å². The Kier molecular flexibility index (Phi) is 4.36. The van der Waals surface area contributed by atoms with Gasteiger partial charge in [0, 0.05) is 18.7 Å². The second-order valence-electron chi connectivity index (χ2n) is 5.38. The van der Waals surface area contributed by atoms with Crippen molar-refractivity contribution < 1.29 is 9.50 Å². The summed E-state index contributed by atoms with van der Waals surface area (Å²) in [6.07, 6.45) is 4.26. The Balaban J connectivity index is 1.82. The van der Waals surface area contributed by atoms with Gasteiger partial charge in [0.1, 0.15) is 5.82 Å². The summed E-state index contributed by atoms with van der Waals surface area (Å²) in [5.74, 6) is -0.333. The van der Waals surface area contributed by atoms with Crippen LogP contribution in [0.25, 0.3) is 0 Å². The van der Waals surface area contributed by atoms with E-state index in [1.807, 2.05) is 0 Å². The molecular weight excluding hydrogens is 229 g/mol. The lowest BCUT2D eigenvalue weighted by atomic mass is 9.67. The first-order valence-corrected chi connectivity index (χ1v) is 6.80. The predicted molar refractivity (Wildman–Crippen MR) is 70.8 cm³/mol. The smallest absolute Gasteiger partial charge is 0.129 e. The molecule has 1 aromatic rings. The van der Waals surface area contributed by atoms with Crippen molar-refractivity contribution >= 4 is 0 Å². The molecule has 0 aromatic heterocycles. The molecule has 0 saturated heterocycles. The molecule has 0 radical (unpaired) electrons. The fraction of sp³-hybridized carbons (Fsp3) is 0.600. The van der Waals surface area contributed by atoms with Gasteiger partial charge in [0.15, 0.2) is 0 Å². The normalized spacial score (nSPS) is 19.3. The number of rotatable bonds is 6. The zero-order valence-electron chi connectivity index (χ0n) is 11.0. The summed E-state index contributed by atoms with van der Waals surface area (Å²) in [5.41, 5.74) is 0.804. The SMILES string of the molecule is CCC1(CNCC(O)c2ccccc2F)CCC1. The molecule has 1 unspecified atom stereocenters. The molecule has 0 bridgehead atoms. The Bertz CT molecular complexity index is 384. The van der Waals surface area contributed by atoms with Crippen LogP contribution in [0.5, 0.6) is 0 Å². The van der Waals surface area contributed by atoms with Crippen LogP contribution in [0.3, 0.4) is 0 Å². The Hall–Kier alpha value is -0.930. The summed E-state index contributed by atoms with van der Waals surface area (Å²) in [5, 5.41) is 13.2. The van der Waals surface area contributed by atoms with Gasteiger partial charge in [0.05, 0.1) is 6.10 Å². The largest absolute Gasteiger partial charge is 0.387 e. The van der Waals surface area contributed by atoms with Crippen LogP contribution in [0.1, 0.15) is 44.3 Å². The molecule has 18 heavy (non-hydrogen) atoms. The number of hydrogen-bond donors (Lipinski definition) is 2. The molecule has 1 aliphatic rings. The highest BCUT2D eigenvalue weighted by atomic mass is 19.1. The zero-order valence-corrected chi connectivity index (χ0v) is 11.0. The highest BCUT2D eigenvalue weighted by Gasteiger charge is 2.34. The lowest BCUT2D eigenvalue weighted by Crippen LogP contribution is -2.40. The lowest BCUT2D eigenvalue weighted by molar-refractivity contribution is 0.109. The first-order valence-electron chi connectivity index (χ1n) is 6.80. The van der Waals surface area contributed by atoms with E-state index in [0.29, 0.717) is 17.5 Å². The maximum Gasteiger partial charge on any atom is 0.129 e. The third-order valence-corrected chi connectivity index (χ3v) is 4.27. The van der Waals surface area contributed by atoms with Gasteiger partial charge in [-0.1, -0.05) is 31.5 Å². The van der Waals surface area contributed by atoms with Crippen LogP contribution in [0, 0.1) is 11.2 Å². The average Bonchev–Trinajstić information content (AvgIpc) is 2.33.